The van der Waals surface area contributed by atoms with Crippen LogP contribution in [0.5, 0.6) is 0 Å². The molecule has 1 N–H and O–H groups in total. The van der Waals surface area contributed by atoms with Gasteiger partial charge >= 0.3 is 5.97 Å². The second kappa shape index (κ2) is 10.3. The van der Waals surface area contributed by atoms with E-state index in [1.165, 1.54) is 28.9 Å². The Balaban J connectivity index is 1.32. The minimum Gasteiger partial charge on any atom is -0.461 e. The van der Waals surface area contributed by atoms with Crippen LogP contribution in [0.15, 0.2) is 65.8 Å². The number of hydrogen-bond acceptors (Lipinski definition) is 7. The summed E-state index contributed by atoms with van der Waals surface area (Å²) < 4.78 is 8.97. The Morgan fingerprint density at radius 1 is 1.05 bits per heavy atom. The molecule has 0 unspecified atom stereocenters. The fraction of sp³-hybridized carbons (Fsp3) is 0.323. The molecular weight excluding hydrogens is 520 g/mol. The number of fused-ring (bicyclic) bond motifs is 3. The predicted molar refractivity (Wildman–Crippen MR) is 153 cm³/mol. The van der Waals surface area contributed by atoms with Gasteiger partial charge in [0.1, 0.15) is 18.1 Å². The summed E-state index contributed by atoms with van der Waals surface area (Å²) in [4.78, 5) is 48.7. The van der Waals surface area contributed by atoms with Gasteiger partial charge in [0.05, 0.1) is 12.2 Å². The van der Waals surface area contributed by atoms with Crippen molar-refractivity contribution in [2.75, 3.05) is 12.0 Å². The Morgan fingerprint density at radius 3 is 2.68 bits per heavy atom. The molecule has 5 heterocycles. The van der Waals surface area contributed by atoms with E-state index in [1.54, 1.807) is 36.8 Å². The molecule has 0 spiro atoms. The van der Waals surface area contributed by atoms with Crippen LogP contribution in [0.2, 0.25) is 0 Å². The third-order valence-electron chi connectivity index (χ3n) is 7.74. The molecule has 0 atom stereocenters. The standard InChI is InChI=1S/C31H32N6O4/c1-20(38)41-19-24-23(21-7-8-29(39)37(17-21)34-28-6-4-5-10-33-28)9-11-32-25(24)18-35-12-13-36-26(30(35)40)14-22-15-31(2,3)16-27(22)36/h4-11,14,17H,12-13,15-16,18-19H2,1-3H3,(H,33,34). The first-order chi connectivity index (χ1) is 19.7. The summed E-state index contributed by atoms with van der Waals surface area (Å²) >= 11 is 0. The molecular formula is C31H32N6O4. The molecule has 0 fully saturated rings. The second-order valence-electron chi connectivity index (χ2n) is 11.4. The number of nitrogens with one attached hydrogen (secondary N) is 1. The van der Waals surface area contributed by atoms with Crippen molar-refractivity contribution in [3.05, 3.63) is 99.6 Å². The van der Waals surface area contributed by atoms with Gasteiger partial charge in [-0.3, -0.25) is 24.8 Å². The normalized spacial score (nSPS) is 15.4. The Morgan fingerprint density at radius 2 is 1.90 bits per heavy atom. The molecule has 41 heavy (non-hydrogen) atoms. The topological polar surface area (TPSA) is 111 Å². The molecule has 10 heteroatoms. The maximum absolute atomic E-state index is 13.6. The van der Waals surface area contributed by atoms with Crippen LogP contribution in [0.3, 0.4) is 0 Å². The van der Waals surface area contributed by atoms with Crippen LogP contribution in [0.1, 0.15) is 53.8 Å². The van der Waals surface area contributed by atoms with Crippen LogP contribution in [0, 0.1) is 5.41 Å². The number of hydrogen-bond donors (Lipinski definition) is 1. The zero-order valence-corrected chi connectivity index (χ0v) is 23.4. The third kappa shape index (κ3) is 5.25. The molecule has 0 radical (unpaired) electrons. The molecule has 1 amide bonds. The molecule has 1 aliphatic heterocycles. The van der Waals surface area contributed by atoms with Crippen molar-refractivity contribution in [3.63, 3.8) is 0 Å². The fourth-order valence-electron chi connectivity index (χ4n) is 5.85. The van der Waals surface area contributed by atoms with Gasteiger partial charge in [0.25, 0.3) is 11.5 Å². The van der Waals surface area contributed by atoms with Gasteiger partial charge < -0.3 is 14.2 Å². The van der Waals surface area contributed by atoms with E-state index in [0.29, 0.717) is 23.6 Å². The summed E-state index contributed by atoms with van der Waals surface area (Å²) in [6.07, 6.45) is 6.94. The summed E-state index contributed by atoms with van der Waals surface area (Å²) in [5, 5.41) is 0. The average Bonchev–Trinajstić information content (AvgIpc) is 3.43. The van der Waals surface area contributed by atoms with Crippen LogP contribution in [-0.4, -0.2) is 42.5 Å². The predicted octanol–water partition coefficient (Wildman–Crippen LogP) is 3.83. The summed E-state index contributed by atoms with van der Waals surface area (Å²) in [6, 6.07) is 12.4. The van der Waals surface area contributed by atoms with Crippen LogP contribution in [-0.2, 0) is 42.1 Å². The van der Waals surface area contributed by atoms with E-state index in [9.17, 15) is 14.4 Å². The quantitative estimate of drug-likeness (QED) is 0.347. The number of nitrogens with zero attached hydrogens (tertiary/aromatic N) is 5. The summed E-state index contributed by atoms with van der Waals surface area (Å²) in [5.74, 6) is 0.0734. The number of anilines is 1. The van der Waals surface area contributed by atoms with E-state index in [4.69, 9.17) is 4.74 Å². The zero-order chi connectivity index (χ0) is 28.7. The number of carbonyl (C=O) groups is 2. The molecule has 10 nitrogen and oxygen atoms in total. The number of ether oxygens (including phenoxy) is 1. The number of rotatable bonds is 7. The first-order valence-electron chi connectivity index (χ1n) is 13.7. The Labute approximate surface area is 237 Å². The van der Waals surface area contributed by atoms with Crippen LogP contribution in [0.25, 0.3) is 11.1 Å². The number of pyridine rings is 3. The highest BCUT2D eigenvalue weighted by Gasteiger charge is 2.36. The van der Waals surface area contributed by atoms with Crippen molar-refractivity contribution in [3.8, 4) is 11.1 Å². The summed E-state index contributed by atoms with van der Waals surface area (Å²) in [5.41, 5.74) is 9.04. The molecule has 4 aromatic rings. The van der Waals surface area contributed by atoms with Crippen LogP contribution < -0.4 is 11.0 Å². The Kier molecular flexibility index (Phi) is 6.69. The number of aromatic nitrogens is 4. The van der Waals surface area contributed by atoms with E-state index in [0.717, 1.165) is 36.2 Å². The number of amides is 1. The highest BCUT2D eigenvalue weighted by Crippen LogP contribution is 2.39. The first-order valence-corrected chi connectivity index (χ1v) is 13.7. The van der Waals surface area contributed by atoms with Crippen LogP contribution in [0.4, 0.5) is 5.82 Å². The van der Waals surface area contributed by atoms with Gasteiger partial charge in [-0.2, -0.15) is 0 Å². The molecule has 2 aliphatic rings. The highest BCUT2D eigenvalue weighted by atomic mass is 16.5. The lowest BCUT2D eigenvalue weighted by atomic mass is 9.90. The second-order valence-corrected chi connectivity index (χ2v) is 11.4. The van der Waals surface area contributed by atoms with Crippen LogP contribution >= 0.6 is 0 Å². The molecule has 4 aromatic heterocycles. The van der Waals surface area contributed by atoms with Crippen molar-refractivity contribution in [1.82, 2.24) is 24.1 Å². The van der Waals surface area contributed by atoms with Gasteiger partial charge in [-0.1, -0.05) is 19.9 Å². The lowest BCUT2D eigenvalue weighted by Crippen LogP contribution is -2.40. The van der Waals surface area contributed by atoms with E-state index >= 15 is 0 Å². The van der Waals surface area contributed by atoms with Gasteiger partial charge in [0, 0.05) is 61.5 Å². The molecule has 1 aliphatic carbocycles. The number of esters is 1. The van der Waals surface area contributed by atoms with Crippen molar-refractivity contribution >= 4 is 17.7 Å². The molecule has 0 saturated carbocycles. The maximum atomic E-state index is 13.6. The Hall–Kier alpha value is -4.73. The SMILES string of the molecule is CC(=O)OCc1c(-c2ccc(=O)n(Nc3ccccn3)c2)ccnc1CN1CCn2c(cc3c2CC(C)(C)C3)C1=O. The van der Waals surface area contributed by atoms with Crippen molar-refractivity contribution in [1.29, 1.82) is 0 Å². The largest absolute Gasteiger partial charge is 0.461 e. The van der Waals surface area contributed by atoms with Gasteiger partial charge in [0.2, 0.25) is 0 Å². The van der Waals surface area contributed by atoms with E-state index in [1.807, 2.05) is 17.0 Å². The molecule has 210 valence electrons. The van der Waals surface area contributed by atoms with Gasteiger partial charge in [-0.25, -0.2) is 9.66 Å². The maximum Gasteiger partial charge on any atom is 0.302 e. The molecule has 0 bridgehead atoms. The minimum atomic E-state index is -0.420. The van der Waals surface area contributed by atoms with E-state index < -0.39 is 5.97 Å². The van der Waals surface area contributed by atoms with Gasteiger partial charge in [-0.05, 0) is 59.7 Å². The third-order valence-corrected chi connectivity index (χ3v) is 7.74. The fourth-order valence-corrected chi connectivity index (χ4v) is 5.85. The highest BCUT2D eigenvalue weighted by molar-refractivity contribution is 5.94. The average molecular weight is 553 g/mol. The number of carbonyl (C=O) groups excluding carboxylic acids is 2. The van der Waals surface area contributed by atoms with Crippen molar-refractivity contribution < 1.29 is 14.3 Å². The zero-order valence-electron chi connectivity index (χ0n) is 23.4. The molecule has 0 saturated heterocycles. The van der Waals surface area contributed by atoms with E-state index in [-0.39, 0.29) is 30.0 Å². The summed E-state index contributed by atoms with van der Waals surface area (Å²) in [6.45, 7) is 7.44. The summed E-state index contributed by atoms with van der Waals surface area (Å²) in [7, 11) is 0. The smallest absolute Gasteiger partial charge is 0.302 e. The molecule has 6 rings (SSSR count). The first kappa shape index (κ1) is 26.5. The van der Waals surface area contributed by atoms with Crippen molar-refractivity contribution in [2.24, 2.45) is 5.41 Å². The Bertz CT molecular complexity index is 1710. The van der Waals surface area contributed by atoms with E-state index in [2.05, 4.69) is 39.9 Å². The minimum absolute atomic E-state index is 0.0115. The van der Waals surface area contributed by atoms with Gasteiger partial charge in [-0.15, -0.1) is 0 Å². The molecule has 0 aromatic carbocycles. The van der Waals surface area contributed by atoms with Gasteiger partial charge in [0.15, 0.2) is 0 Å². The lowest BCUT2D eigenvalue weighted by Gasteiger charge is -2.30. The monoisotopic (exact) mass is 552 g/mol. The lowest BCUT2D eigenvalue weighted by molar-refractivity contribution is -0.142. The van der Waals surface area contributed by atoms with Crippen molar-refractivity contribution in [2.45, 2.75) is 53.3 Å².